The van der Waals surface area contributed by atoms with Crippen LogP contribution in [-0.4, -0.2) is 23.0 Å². The van der Waals surface area contributed by atoms with Gasteiger partial charge in [-0.1, -0.05) is 25.1 Å². The van der Waals surface area contributed by atoms with Crippen molar-refractivity contribution in [3.05, 3.63) is 0 Å². The Morgan fingerprint density at radius 1 is 1.27 bits per heavy atom. The van der Waals surface area contributed by atoms with Crippen molar-refractivity contribution < 1.29 is 0 Å². The Hall–Kier alpha value is -0.180. The highest BCUT2D eigenvalue weighted by Gasteiger charge is 2.36. The van der Waals surface area contributed by atoms with Gasteiger partial charge in [-0.05, 0) is 37.5 Å². The molecule has 0 amide bonds. The first-order valence-corrected chi connectivity index (χ1v) is 7.18. The highest BCUT2D eigenvalue weighted by molar-refractivity contribution is 8.14. The van der Waals surface area contributed by atoms with Crippen LogP contribution in [0.15, 0.2) is 4.99 Å². The van der Waals surface area contributed by atoms with Crippen LogP contribution in [-0.2, 0) is 0 Å². The summed E-state index contributed by atoms with van der Waals surface area (Å²) in [5, 5.41) is 5.70. The summed E-state index contributed by atoms with van der Waals surface area (Å²) in [6, 6.07) is 0.703. The molecule has 2 aliphatic carbocycles. The van der Waals surface area contributed by atoms with Crippen molar-refractivity contribution >= 4 is 16.9 Å². The smallest absolute Gasteiger partial charge is 0.157 e. The SMILES string of the molecule is CC1CCCC1NC1=NCC(C2CC2)S1. The van der Waals surface area contributed by atoms with E-state index >= 15 is 0 Å². The lowest BCUT2D eigenvalue weighted by Gasteiger charge is -2.18. The van der Waals surface area contributed by atoms with E-state index in [1.54, 1.807) is 0 Å². The molecule has 0 bridgehead atoms. The zero-order valence-corrected chi connectivity index (χ0v) is 10.2. The molecule has 0 aromatic rings. The first-order chi connectivity index (χ1) is 7.33. The van der Waals surface area contributed by atoms with Crippen LogP contribution in [0.4, 0.5) is 0 Å². The molecular weight excluding hydrogens is 204 g/mol. The van der Waals surface area contributed by atoms with E-state index in [1.807, 2.05) is 11.8 Å². The van der Waals surface area contributed by atoms with E-state index < -0.39 is 0 Å². The molecule has 3 atom stereocenters. The molecule has 0 spiro atoms. The van der Waals surface area contributed by atoms with Gasteiger partial charge in [0.25, 0.3) is 0 Å². The van der Waals surface area contributed by atoms with Gasteiger partial charge >= 0.3 is 0 Å². The molecule has 0 aromatic heterocycles. The number of hydrogen-bond donors (Lipinski definition) is 1. The molecule has 2 saturated carbocycles. The lowest BCUT2D eigenvalue weighted by molar-refractivity contribution is 0.489. The van der Waals surface area contributed by atoms with E-state index in [0.717, 1.165) is 23.6 Å². The van der Waals surface area contributed by atoms with E-state index in [9.17, 15) is 0 Å². The van der Waals surface area contributed by atoms with Gasteiger partial charge in [0.15, 0.2) is 5.17 Å². The fraction of sp³-hybridized carbons (Fsp3) is 0.917. The largest absolute Gasteiger partial charge is 0.362 e. The zero-order valence-electron chi connectivity index (χ0n) is 9.41. The number of thioether (sulfide) groups is 1. The molecule has 1 aliphatic heterocycles. The maximum atomic E-state index is 4.64. The fourth-order valence-corrected chi connectivity index (χ4v) is 3.97. The van der Waals surface area contributed by atoms with Gasteiger partial charge in [-0.25, -0.2) is 0 Å². The summed E-state index contributed by atoms with van der Waals surface area (Å²) < 4.78 is 0. The maximum absolute atomic E-state index is 4.64. The predicted octanol–water partition coefficient (Wildman–Crippen LogP) is 2.65. The van der Waals surface area contributed by atoms with Crippen LogP contribution < -0.4 is 5.32 Å². The monoisotopic (exact) mass is 224 g/mol. The number of rotatable bonds is 2. The average Bonchev–Trinajstić information content (AvgIpc) is 2.86. The molecule has 0 radical (unpaired) electrons. The van der Waals surface area contributed by atoms with Crippen molar-refractivity contribution in [1.29, 1.82) is 0 Å². The van der Waals surface area contributed by atoms with Gasteiger partial charge in [0.2, 0.25) is 0 Å². The second-order valence-corrected chi connectivity index (χ2v) is 6.53. The maximum Gasteiger partial charge on any atom is 0.157 e. The Kier molecular flexibility index (Phi) is 2.67. The summed E-state index contributed by atoms with van der Waals surface area (Å²) in [5.74, 6) is 1.83. The Morgan fingerprint density at radius 3 is 2.80 bits per heavy atom. The quantitative estimate of drug-likeness (QED) is 0.780. The summed E-state index contributed by atoms with van der Waals surface area (Å²) >= 11 is 2.01. The van der Waals surface area contributed by atoms with E-state index in [1.165, 1.54) is 37.3 Å². The lowest BCUT2D eigenvalue weighted by Crippen LogP contribution is -2.34. The van der Waals surface area contributed by atoms with Crippen molar-refractivity contribution in [2.75, 3.05) is 6.54 Å². The molecular formula is C12H20N2S. The molecule has 0 saturated heterocycles. The molecule has 84 valence electrons. The standard InChI is InChI=1S/C12H20N2S/c1-8-3-2-4-10(8)14-12-13-7-11(15-12)9-5-6-9/h8-11H,2-7H2,1H3,(H,13,14). The minimum absolute atomic E-state index is 0.703. The van der Waals surface area contributed by atoms with Crippen molar-refractivity contribution in [2.24, 2.45) is 16.8 Å². The first kappa shape index (κ1) is 10.0. The van der Waals surface area contributed by atoms with Crippen LogP contribution >= 0.6 is 11.8 Å². The highest BCUT2D eigenvalue weighted by Crippen LogP contribution is 2.41. The van der Waals surface area contributed by atoms with Crippen LogP contribution in [0.25, 0.3) is 0 Å². The van der Waals surface area contributed by atoms with Crippen LogP contribution in [0, 0.1) is 11.8 Å². The molecule has 15 heavy (non-hydrogen) atoms. The summed E-state index contributed by atoms with van der Waals surface area (Å²) in [7, 11) is 0. The third kappa shape index (κ3) is 2.17. The van der Waals surface area contributed by atoms with Gasteiger partial charge in [-0.3, -0.25) is 4.99 Å². The van der Waals surface area contributed by atoms with E-state index in [2.05, 4.69) is 17.2 Å². The second-order valence-electron chi connectivity index (χ2n) is 5.30. The summed E-state index contributed by atoms with van der Waals surface area (Å²) in [5.41, 5.74) is 0. The number of aliphatic imine (C=N–C) groups is 1. The van der Waals surface area contributed by atoms with Crippen LogP contribution in [0.1, 0.15) is 39.0 Å². The van der Waals surface area contributed by atoms with Crippen LogP contribution in [0.3, 0.4) is 0 Å². The fourth-order valence-electron chi connectivity index (χ4n) is 2.70. The van der Waals surface area contributed by atoms with Crippen molar-refractivity contribution in [1.82, 2.24) is 5.32 Å². The van der Waals surface area contributed by atoms with Gasteiger partial charge in [-0.15, -0.1) is 0 Å². The van der Waals surface area contributed by atoms with Gasteiger partial charge in [0.1, 0.15) is 0 Å². The third-order valence-electron chi connectivity index (χ3n) is 4.00. The lowest BCUT2D eigenvalue weighted by atomic mass is 10.1. The van der Waals surface area contributed by atoms with Crippen LogP contribution in [0.2, 0.25) is 0 Å². The van der Waals surface area contributed by atoms with E-state index in [4.69, 9.17) is 0 Å². The third-order valence-corrected chi connectivity index (χ3v) is 5.30. The topological polar surface area (TPSA) is 24.4 Å². The minimum Gasteiger partial charge on any atom is -0.362 e. The zero-order chi connectivity index (χ0) is 10.3. The van der Waals surface area contributed by atoms with E-state index in [0.29, 0.717) is 6.04 Å². The Labute approximate surface area is 96.3 Å². The summed E-state index contributed by atoms with van der Waals surface area (Å²) in [6.07, 6.45) is 7.01. The van der Waals surface area contributed by atoms with Gasteiger partial charge in [-0.2, -0.15) is 0 Å². The minimum atomic E-state index is 0.703. The molecule has 3 unspecified atom stereocenters. The Balaban J connectivity index is 1.51. The number of nitrogens with one attached hydrogen (secondary N) is 1. The number of hydrogen-bond acceptors (Lipinski definition) is 3. The molecule has 3 rings (SSSR count). The molecule has 1 heterocycles. The van der Waals surface area contributed by atoms with E-state index in [-0.39, 0.29) is 0 Å². The molecule has 0 aromatic carbocycles. The van der Waals surface area contributed by atoms with Gasteiger partial charge in [0.05, 0.1) is 6.54 Å². The van der Waals surface area contributed by atoms with Crippen molar-refractivity contribution in [2.45, 2.75) is 50.3 Å². The second kappa shape index (κ2) is 4.00. The highest BCUT2D eigenvalue weighted by atomic mass is 32.2. The van der Waals surface area contributed by atoms with Crippen molar-refractivity contribution in [3.8, 4) is 0 Å². The number of amidine groups is 1. The predicted molar refractivity (Wildman–Crippen MR) is 66.3 cm³/mol. The molecule has 3 aliphatic rings. The summed E-state index contributed by atoms with van der Waals surface area (Å²) in [6.45, 7) is 3.43. The molecule has 2 nitrogen and oxygen atoms in total. The summed E-state index contributed by atoms with van der Waals surface area (Å²) in [4.78, 5) is 4.64. The average molecular weight is 224 g/mol. The van der Waals surface area contributed by atoms with Crippen LogP contribution in [0.5, 0.6) is 0 Å². The normalized spacial score (nSPS) is 40.6. The Bertz CT molecular complexity index is 273. The van der Waals surface area contributed by atoms with Gasteiger partial charge < -0.3 is 5.32 Å². The molecule has 1 N–H and O–H groups in total. The van der Waals surface area contributed by atoms with Crippen molar-refractivity contribution in [3.63, 3.8) is 0 Å². The Morgan fingerprint density at radius 2 is 2.13 bits per heavy atom. The number of nitrogens with zero attached hydrogens (tertiary/aromatic N) is 1. The van der Waals surface area contributed by atoms with Gasteiger partial charge in [0, 0.05) is 11.3 Å². The molecule has 3 heteroatoms. The molecule has 2 fully saturated rings. The first-order valence-electron chi connectivity index (χ1n) is 6.30.